The molecule has 0 aliphatic heterocycles. The first kappa shape index (κ1) is 14.0. The number of hydrogen-bond donors (Lipinski definition) is 1. The Hall–Kier alpha value is -0.610. The predicted octanol–water partition coefficient (Wildman–Crippen LogP) is 4.78. The number of hydrogen-bond acceptors (Lipinski definition) is 3. The highest BCUT2D eigenvalue weighted by molar-refractivity contribution is 7.11. The molecule has 1 N–H and O–H groups in total. The molecule has 5 heteroatoms. The van der Waals surface area contributed by atoms with Gasteiger partial charge in [0, 0.05) is 10.9 Å². The lowest BCUT2D eigenvalue weighted by Gasteiger charge is -2.18. The predicted molar refractivity (Wildman–Crippen MR) is 88.6 cm³/mol. The zero-order chi connectivity index (χ0) is 14.4. The van der Waals surface area contributed by atoms with E-state index in [1.54, 1.807) is 0 Å². The van der Waals surface area contributed by atoms with Gasteiger partial charge in [0.1, 0.15) is 5.01 Å². The van der Waals surface area contributed by atoms with Crippen molar-refractivity contribution < 1.29 is 0 Å². The number of thiazole rings is 1. The topological polar surface area (TPSA) is 24.9 Å². The smallest absolute Gasteiger partial charge is 0.115 e. The van der Waals surface area contributed by atoms with Gasteiger partial charge in [0.2, 0.25) is 0 Å². The third kappa shape index (κ3) is 2.72. The summed E-state index contributed by atoms with van der Waals surface area (Å²) in [6, 6.07) is 6.51. The fraction of sp³-hybridized carbons (Fsp3) is 0.438. The van der Waals surface area contributed by atoms with Crippen LogP contribution in [0, 0.1) is 0 Å². The molecule has 2 aromatic rings. The zero-order valence-electron chi connectivity index (χ0n) is 11.5. The second kappa shape index (κ2) is 5.54. The van der Waals surface area contributed by atoms with Crippen molar-refractivity contribution in [3.8, 4) is 0 Å². The molecule has 2 aliphatic rings. The third-order valence-electron chi connectivity index (χ3n) is 4.13. The second-order valence-electron chi connectivity index (χ2n) is 5.79. The Bertz CT molecular complexity index is 657. The number of aromatic nitrogens is 1. The van der Waals surface area contributed by atoms with Crippen LogP contribution in [0.2, 0.25) is 10.0 Å². The molecular formula is C16H16Cl2N2S. The minimum atomic E-state index is 0.0688. The van der Waals surface area contributed by atoms with Crippen molar-refractivity contribution in [3.05, 3.63) is 49.4 Å². The van der Waals surface area contributed by atoms with E-state index in [1.165, 1.54) is 36.3 Å². The average molecular weight is 339 g/mol. The molecule has 0 radical (unpaired) electrons. The quantitative estimate of drug-likeness (QED) is 0.867. The van der Waals surface area contributed by atoms with Gasteiger partial charge in [-0.1, -0.05) is 35.3 Å². The maximum atomic E-state index is 6.44. The Morgan fingerprint density at radius 1 is 1.24 bits per heavy atom. The molecule has 1 fully saturated rings. The highest BCUT2D eigenvalue weighted by Crippen LogP contribution is 2.39. The van der Waals surface area contributed by atoms with Crippen molar-refractivity contribution >= 4 is 34.5 Å². The number of aryl methyl sites for hydroxylation is 2. The molecule has 0 saturated heterocycles. The van der Waals surface area contributed by atoms with E-state index in [9.17, 15) is 0 Å². The maximum Gasteiger partial charge on any atom is 0.115 e. The van der Waals surface area contributed by atoms with E-state index in [0.717, 1.165) is 17.0 Å². The van der Waals surface area contributed by atoms with Gasteiger partial charge in [0.25, 0.3) is 0 Å². The number of nitrogens with one attached hydrogen (secondary N) is 1. The summed E-state index contributed by atoms with van der Waals surface area (Å²) >= 11 is 14.5. The van der Waals surface area contributed by atoms with Crippen molar-refractivity contribution in [2.75, 3.05) is 0 Å². The fourth-order valence-electron chi connectivity index (χ4n) is 2.86. The highest BCUT2D eigenvalue weighted by Gasteiger charge is 2.30. The van der Waals surface area contributed by atoms with Crippen molar-refractivity contribution in [1.29, 1.82) is 0 Å². The van der Waals surface area contributed by atoms with Crippen LogP contribution in [0.4, 0.5) is 0 Å². The molecular weight excluding hydrogens is 323 g/mol. The Morgan fingerprint density at radius 2 is 2.10 bits per heavy atom. The number of rotatable bonds is 4. The van der Waals surface area contributed by atoms with Crippen LogP contribution in [0.25, 0.3) is 0 Å². The lowest BCUT2D eigenvalue weighted by atomic mass is 10.1. The van der Waals surface area contributed by atoms with Gasteiger partial charge in [0.15, 0.2) is 0 Å². The van der Waals surface area contributed by atoms with Gasteiger partial charge >= 0.3 is 0 Å². The van der Waals surface area contributed by atoms with Gasteiger partial charge in [0.05, 0.1) is 21.8 Å². The summed E-state index contributed by atoms with van der Waals surface area (Å²) in [5, 5.41) is 6.08. The van der Waals surface area contributed by atoms with Crippen LogP contribution >= 0.6 is 34.5 Å². The van der Waals surface area contributed by atoms with E-state index in [4.69, 9.17) is 28.2 Å². The Balaban J connectivity index is 1.74. The van der Waals surface area contributed by atoms with Crippen LogP contribution in [-0.4, -0.2) is 11.0 Å². The summed E-state index contributed by atoms with van der Waals surface area (Å²) in [6.45, 7) is 0. The fourth-order valence-corrected chi connectivity index (χ4v) is 4.51. The van der Waals surface area contributed by atoms with Crippen LogP contribution in [0.1, 0.15) is 46.4 Å². The number of nitrogens with zero attached hydrogens (tertiary/aromatic N) is 1. The van der Waals surface area contributed by atoms with Crippen LogP contribution < -0.4 is 5.32 Å². The Kier molecular flexibility index (Phi) is 3.70. The highest BCUT2D eigenvalue weighted by atomic mass is 35.5. The third-order valence-corrected chi connectivity index (χ3v) is 6.19. The van der Waals surface area contributed by atoms with E-state index in [2.05, 4.69) is 11.4 Å². The lowest BCUT2D eigenvalue weighted by molar-refractivity contribution is 0.596. The Morgan fingerprint density at radius 3 is 2.86 bits per heavy atom. The molecule has 1 heterocycles. The van der Waals surface area contributed by atoms with Crippen LogP contribution in [-0.2, 0) is 12.8 Å². The van der Waals surface area contributed by atoms with E-state index >= 15 is 0 Å². The first-order chi connectivity index (χ1) is 10.2. The molecule has 1 unspecified atom stereocenters. The van der Waals surface area contributed by atoms with Gasteiger partial charge in [-0.2, -0.15) is 0 Å². The van der Waals surface area contributed by atoms with Crippen molar-refractivity contribution in [1.82, 2.24) is 10.3 Å². The first-order valence-electron chi connectivity index (χ1n) is 7.41. The van der Waals surface area contributed by atoms with Crippen molar-refractivity contribution in [2.24, 2.45) is 0 Å². The second-order valence-corrected chi connectivity index (χ2v) is 7.69. The van der Waals surface area contributed by atoms with Crippen molar-refractivity contribution in [2.45, 2.75) is 44.2 Å². The minimum absolute atomic E-state index is 0.0688. The average Bonchev–Trinajstić information content (AvgIpc) is 3.03. The van der Waals surface area contributed by atoms with E-state index < -0.39 is 0 Å². The molecule has 2 nitrogen and oxygen atoms in total. The monoisotopic (exact) mass is 338 g/mol. The number of fused-ring (bicyclic) bond motifs is 1. The lowest BCUT2D eigenvalue weighted by Crippen LogP contribution is -2.24. The molecule has 110 valence electrons. The molecule has 0 amide bonds. The minimum Gasteiger partial charge on any atom is -0.301 e. The van der Waals surface area contributed by atoms with Gasteiger partial charge in [-0.05, 0) is 43.7 Å². The van der Waals surface area contributed by atoms with Crippen LogP contribution in [0.3, 0.4) is 0 Å². The van der Waals surface area contributed by atoms with Crippen molar-refractivity contribution in [3.63, 3.8) is 0 Å². The van der Waals surface area contributed by atoms with E-state index in [-0.39, 0.29) is 6.04 Å². The van der Waals surface area contributed by atoms with E-state index in [0.29, 0.717) is 16.1 Å². The van der Waals surface area contributed by atoms with E-state index in [1.807, 2.05) is 23.5 Å². The summed E-state index contributed by atoms with van der Waals surface area (Å²) in [7, 11) is 0. The van der Waals surface area contributed by atoms with Crippen LogP contribution in [0.15, 0.2) is 18.2 Å². The number of halogens is 2. The molecule has 21 heavy (non-hydrogen) atoms. The van der Waals surface area contributed by atoms with Gasteiger partial charge in [-0.3, -0.25) is 0 Å². The molecule has 2 aliphatic carbocycles. The SMILES string of the molecule is Clc1cccc(C(NC2CC2)c2nc3c(s2)CCC3)c1Cl. The molecule has 1 saturated carbocycles. The molecule has 1 aromatic heterocycles. The first-order valence-corrected chi connectivity index (χ1v) is 8.98. The Labute approximate surface area is 138 Å². The summed E-state index contributed by atoms with van der Waals surface area (Å²) in [4.78, 5) is 6.32. The normalized spacial score (nSPS) is 18.8. The van der Waals surface area contributed by atoms with Gasteiger partial charge in [-0.25, -0.2) is 4.98 Å². The maximum absolute atomic E-state index is 6.44. The standard InChI is InChI=1S/C16H16Cl2N2S/c17-11-4-1-3-10(14(11)18)15(19-9-7-8-9)16-20-12-5-2-6-13(12)21-16/h1,3-4,9,15,19H,2,5-8H2. The molecule has 1 atom stereocenters. The van der Waals surface area contributed by atoms with Gasteiger partial charge in [-0.15, -0.1) is 11.3 Å². The molecule has 1 aromatic carbocycles. The van der Waals surface area contributed by atoms with Gasteiger partial charge < -0.3 is 5.32 Å². The molecule has 0 bridgehead atoms. The zero-order valence-corrected chi connectivity index (χ0v) is 13.9. The van der Waals surface area contributed by atoms with Crippen LogP contribution in [0.5, 0.6) is 0 Å². The summed E-state index contributed by atoms with van der Waals surface area (Å²) < 4.78 is 0. The summed E-state index contributed by atoms with van der Waals surface area (Å²) in [5.41, 5.74) is 2.33. The largest absolute Gasteiger partial charge is 0.301 e. The molecule has 4 rings (SSSR count). The number of benzene rings is 1. The summed E-state index contributed by atoms with van der Waals surface area (Å²) in [5.74, 6) is 0. The molecule has 0 spiro atoms. The summed E-state index contributed by atoms with van der Waals surface area (Å²) in [6.07, 6.45) is 6.00.